The number of Topliss-reactive ketones (excluding diaryl/α,β-unsaturated/α-hetero) is 1. The van der Waals surface area contributed by atoms with Gasteiger partial charge in [-0.15, -0.1) is 0 Å². The fourth-order valence-corrected chi connectivity index (χ4v) is 4.50. The molecule has 3 aromatic rings. The molecule has 0 saturated heterocycles. The van der Waals surface area contributed by atoms with E-state index in [4.69, 9.17) is 9.47 Å². The first-order chi connectivity index (χ1) is 15.4. The number of halogens is 1. The summed E-state index contributed by atoms with van der Waals surface area (Å²) in [5.74, 6) is 1.78. The van der Waals surface area contributed by atoms with Crippen molar-refractivity contribution in [3.05, 3.63) is 75.2 Å². The SMILES string of the molecule is CCOc1cc(C2C(C(C)=O)=C(C)Nc3ncnn32)cc(Br)c1OCc1ccccc1C. The van der Waals surface area contributed by atoms with Gasteiger partial charge in [0.25, 0.3) is 0 Å². The molecular formula is C24H25BrN4O3. The molecule has 1 atom stereocenters. The molecule has 166 valence electrons. The van der Waals surface area contributed by atoms with Gasteiger partial charge in [0, 0.05) is 11.3 Å². The Morgan fingerprint density at radius 3 is 2.72 bits per heavy atom. The van der Waals surface area contributed by atoms with Gasteiger partial charge in [-0.05, 0) is 72.4 Å². The van der Waals surface area contributed by atoms with Crippen LogP contribution in [0.15, 0.2) is 58.5 Å². The van der Waals surface area contributed by atoms with Crippen LogP contribution in [0.2, 0.25) is 0 Å². The van der Waals surface area contributed by atoms with E-state index in [0.717, 1.165) is 21.3 Å². The van der Waals surface area contributed by atoms with E-state index in [9.17, 15) is 4.79 Å². The molecule has 1 N–H and O–H groups in total. The van der Waals surface area contributed by atoms with Gasteiger partial charge in [-0.3, -0.25) is 4.79 Å². The third-order valence-corrected chi connectivity index (χ3v) is 6.04. The number of ether oxygens (including phenoxy) is 2. The van der Waals surface area contributed by atoms with Gasteiger partial charge in [-0.2, -0.15) is 10.1 Å². The molecule has 0 radical (unpaired) electrons. The zero-order valence-electron chi connectivity index (χ0n) is 18.5. The number of anilines is 1. The van der Waals surface area contributed by atoms with Gasteiger partial charge in [0.1, 0.15) is 19.0 Å². The zero-order valence-corrected chi connectivity index (χ0v) is 20.1. The second-order valence-electron chi connectivity index (χ2n) is 7.63. The maximum atomic E-state index is 12.6. The minimum Gasteiger partial charge on any atom is -0.490 e. The van der Waals surface area contributed by atoms with Crippen LogP contribution in [0.3, 0.4) is 0 Å². The number of aryl methyl sites for hydroxylation is 1. The first-order valence-corrected chi connectivity index (χ1v) is 11.2. The van der Waals surface area contributed by atoms with E-state index in [1.807, 2.05) is 44.2 Å². The van der Waals surface area contributed by atoms with Crippen molar-refractivity contribution < 1.29 is 14.3 Å². The summed E-state index contributed by atoms with van der Waals surface area (Å²) in [4.78, 5) is 16.8. The van der Waals surface area contributed by atoms with E-state index in [-0.39, 0.29) is 5.78 Å². The normalized spacial score (nSPS) is 15.2. The number of carbonyl (C=O) groups is 1. The molecule has 0 amide bonds. The summed E-state index contributed by atoms with van der Waals surface area (Å²) < 4.78 is 14.6. The molecule has 1 aromatic heterocycles. The molecular weight excluding hydrogens is 472 g/mol. The summed E-state index contributed by atoms with van der Waals surface area (Å²) in [6.07, 6.45) is 1.48. The van der Waals surface area contributed by atoms with Crippen molar-refractivity contribution in [2.45, 2.75) is 40.3 Å². The number of allylic oxidation sites excluding steroid dienone is 2. The number of carbonyl (C=O) groups excluding carboxylic acids is 1. The van der Waals surface area contributed by atoms with Gasteiger partial charge in [-0.25, -0.2) is 4.68 Å². The van der Waals surface area contributed by atoms with E-state index in [1.54, 1.807) is 11.6 Å². The van der Waals surface area contributed by atoms with E-state index in [2.05, 4.69) is 44.3 Å². The van der Waals surface area contributed by atoms with Gasteiger partial charge in [0.15, 0.2) is 17.3 Å². The molecule has 2 heterocycles. The second-order valence-corrected chi connectivity index (χ2v) is 8.48. The molecule has 0 aliphatic carbocycles. The number of benzene rings is 2. The molecule has 2 aromatic carbocycles. The second kappa shape index (κ2) is 9.16. The Bertz CT molecular complexity index is 1200. The maximum absolute atomic E-state index is 12.6. The quantitative estimate of drug-likeness (QED) is 0.483. The van der Waals surface area contributed by atoms with Crippen molar-refractivity contribution in [2.75, 3.05) is 11.9 Å². The molecule has 1 unspecified atom stereocenters. The van der Waals surface area contributed by atoms with Crippen LogP contribution in [0.5, 0.6) is 11.5 Å². The molecule has 0 fully saturated rings. The Morgan fingerprint density at radius 1 is 1.22 bits per heavy atom. The topological polar surface area (TPSA) is 78.3 Å². The number of rotatable bonds is 7. The molecule has 1 aliphatic rings. The van der Waals surface area contributed by atoms with Crippen molar-refractivity contribution in [2.24, 2.45) is 0 Å². The molecule has 0 spiro atoms. The largest absolute Gasteiger partial charge is 0.490 e. The van der Waals surface area contributed by atoms with Gasteiger partial charge < -0.3 is 14.8 Å². The summed E-state index contributed by atoms with van der Waals surface area (Å²) in [5.41, 5.74) is 4.51. The third-order valence-electron chi connectivity index (χ3n) is 5.45. The molecule has 0 saturated carbocycles. The Morgan fingerprint density at radius 2 is 2.00 bits per heavy atom. The van der Waals surface area contributed by atoms with Crippen LogP contribution < -0.4 is 14.8 Å². The lowest BCUT2D eigenvalue weighted by Crippen LogP contribution is -2.27. The summed E-state index contributed by atoms with van der Waals surface area (Å²) in [5, 5.41) is 7.53. The lowest BCUT2D eigenvalue weighted by Gasteiger charge is -2.29. The molecule has 8 heteroatoms. The molecule has 0 bridgehead atoms. The number of nitrogens with zero attached hydrogens (tertiary/aromatic N) is 3. The van der Waals surface area contributed by atoms with Crippen molar-refractivity contribution >= 4 is 27.7 Å². The van der Waals surface area contributed by atoms with Gasteiger partial charge in [-0.1, -0.05) is 24.3 Å². The highest BCUT2D eigenvalue weighted by atomic mass is 79.9. The van der Waals surface area contributed by atoms with Crippen LogP contribution in [0, 0.1) is 6.92 Å². The van der Waals surface area contributed by atoms with Crippen molar-refractivity contribution in [3.63, 3.8) is 0 Å². The summed E-state index contributed by atoms with van der Waals surface area (Å²) >= 11 is 3.66. The van der Waals surface area contributed by atoms with Crippen molar-refractivity contribution in [1.82, 2.24) is 14.8 Å². The van der Waals surface area contributed by atoms with Crippen LogP contribution in [-0.2, 0) is 11.4 Å². The molecule has 32 heavy (non-hydrogen) atoms. The number of hydrogen-bond acceptors (Lipinski definition) is 6. The number of ketones is 1. The minimum atomic E-state index is -0.424. The Balaban J connectivity index is 1.76. The zero-order chi connectivity index (χ0) is 22.8. The third kappa shape index (κ3) is 4.14. The van der Waals surface area contributed by atoms with Crippen LogP contribution in [0.1, 0.15) is 43.5 Å². The number of aromatic nitrogens is 3. The smallest absolute Gasteiger partial charge is 0.226 e. The van der Waals surface area contributed by atoms with Gasteiger partial charge in [0.2, 0.25) is 5.95 Å². The number of hydrogen-bond donors (Lipinski definition) is 1. The lowest BCUT2D eigenvalue weighted by molar-refractivity contribution is -0.114. The fourth-order valence-electron chi connectivity index (χ4n) is 3.93. The highest BCUT2D eigenvalue weighted by molar-refractivity contribution is 9.10. The van der Waals surface area contributed by atoms with Crippen LogP contribution in [0.25, 0.3) is 0 Å². The number of fused-ring (bicyclic) bond motifs is 1. The highest BCUT2D eigenvalue weighted by Crippen LogP contribution is 2.43. The van der Waals surface area contributed by atoms with E-state index < -0.39 is 6.04 Å². The first kappa shape index (κ1) is 22.1. The Hall–Kier alpha value is -3.13. The maximum Gasteiger partial charge on any atom is 0.226 e. The van der Waals surface area contributed by atoms with E-state index in [1.165, 1.54) is 11.9 Å². The van der Waals surface area contributed by atoms with E-state index >= 15 is 0 Å². The van der Waals surface area contributed by atoms with Crippen molar-refractivity contribution in [1.29, 1.82) is 0 Å². The Kier molecular flexibility index (Phi) is 6.32. The van der Waals surface area contributed by atoms with Gasteiger partial charge >= 0.3 is 0 Å². The van der Waals surface area contributed by atoms with Crippen LogP contribution in [-0.4, -0.2) is 27.2 Å². The van der Waals surface area contributed by atoms with Crippen LogP contribution >= 0.6 is 15.9 Å². The molecule has 1 aliphatic heterocycles. The lowest BCUT2D eigenvalue weighted by atomic mass is 9.93. The highest BCUT2D eigenvalue weighted by Gasteiger charge is 2.32. The number of nitrogens with one attached hydrogen (secondary N) is 1. The summed E-state index contributed by atoms with van der Waals surface area (Å²) in [6.45, 7) is 8.32. The predicted octanol–water partition coefficient (Wildman–Crippen LogP) is 5.20. The molecule has 4 rings (SSSR count). The van der Waals surface area contributed by atoms with Crippen LogP contribution in [0.4, 0.5) is 5.95 Å². The Labute approximate surface area is 195 Å². The van der Waals surface area contributed by atoms with Crippen molar-refractivity contribution in [3.8, 4) is 11.5 Å². The van der Waals surface area contributed by atoms with Gasteiger partial charge in [0.05, 0.1) is 11.1 Å². The summed E-state index contributed by atoms with van der Waals surface area (Å²) in [6, 6.07) is 11.6. The summed E-state index contributed by atoms with van der Waals surface area (Å²) in [7, 11) is 0. The average Bonchev–Trinajstić information content (AvgIpc) is 3.21. The fraction of sp³-hybridized carbons (Fsp3) is 0.292. The van der Waals surface area contributed by atoms with E-state index in [0.29, 0.717) is 36.2 Å². The minimum absolute atomic E-state index is 0.0323. The monoisotopic (exact) mass is 496 g/mol. The average molecular weight is 497 g/mol. The molecule has 7 nitrogen and oxygen atoms in total. The standard InChI is InChI=1S/C24H25BrN4O3/c1-5-31-20-11-18(10-19(25)23(20)32-12-17-9-7-6-8-14(17)2)22-21(16(4)30)15(3)28-24-26-13-27-29(22)24/h6-11,13,22H,5,12H2,1-4H3,(H,26,27,28). The predicted molar refractivity (Wildman–Crippen MR) is 126 cm³/mol. The first-order valence-electron chi connectivity index (χ1n) is 10.4.